The van der Waals surface area contributed by atoms with E-state index in [-0.39, 0.29) is 0 Å². The summed E-state index contributed by atoms with van der Waals surface area (Å²) in [6.07, 6.45) is 7.82. The van der Waals surface area contributed by atoms with Crippen LogP contribution in [-0.2, 0) is 4.79 Å². The molecule has 0 saturated heterocycles. The minimum absolute atomic E-state index is 0.459. The zero-order valence-electron chi connectivity index (χ0n) is 11.3. The Balaban J connectivity index is 1.98. The van der Waals surface area contributed by atoms with E-state index in [2.05, 4.69) is 4.90 Å². The van der Waals surface area contributed by atoms with Crippen molar-refractivity contribution in [2.24, 2.45) is 11.8 Å². The number of carbonyl (C=O) groups is 1. The lowest BCUT2D eigenvalue weighted by Gasteiger charge is -2.42. The second kappa shape index (κ2) is 4.60. The highest BCUT2D eigenvalue weighted by atomic mass is 16.4. The molecular weight excluding hydrogens is 214 g/mol. The summed E-state index contributed by atoms with van der Waals surface area (Å²) in [6, 6.07) is 0.459. The van der Waals surface area contributed by atoms with Crippen LogP contribution in [0.1, 0.15) is 52.4 Å². The molecule has 0 aliphatic heterocycles. The first-order valence-electron chi connectivity index (χ1n) is 6.89. The number of likely N-dealkylation sites (N-methyl/N-ethyl adjacent to an activating group) is 1. The van der Waals surface area contributed by atoms with Crippen molar-refractivity contribution >= 4 is 5.97 Å². The molecule has 0 radical (unpaired) electrons. The third-order valence-electron chi connectivity index (χ3n) is 4.93. The lowest BCUT2D eigenvalue weighted by Crippen LogP contribution is -2.53. The Hall–Kier alpha value is -0.570. The SMILES string of the molecule is CN(C1CCCC(C2CC2)C1)C(C)(C)C(=O)O. The lowest BCUT2D eigenvalue weighted by atomic mass is 9.81. The van der Waals surface area contributed by atoms with Gasteiger partial charge in [0.2, 0.25) is 0 Å². The molecule has 3 nitrogen and oxygen atoms in total. The largest absolute Gasteiger partial charge is 0.480 e. The quantitative estimate of drug-likeness (QED) is 0.820. The van der Waals surface area contributed by atoms with Crippen molar-refractivity contribution in [1.82, 2.24) is 4.90 Å². The molecule has 2 unspecified atom stereocenters. The van der Waals surface area contributed by atoms with E-state index in [9.17, 15) is 9.90 Å². The number of carboxylic acid groups (broad SMARTS) is 1. The topological polar surface area (TPSA) is 40.5 Å². The summed E-state index contributed by atoms with van der Waals surface area (Å²) < 4.78 is 0. The van der Waals surface area contributed by atoms with Crippen LogP contribution in [0.25, 0.3) is 0 Å². The van der Waals surface area contributed by atoms with Crippen LogP contribution in [0, 0.1) is 11.8 Å². The fourth-order valence-electron chi connectivity index (χ4n) is 3.16. The van der Waals surface area contributed by atoms with Crippen molar-refractivity contribution in [3.05, 3.63) is 0 Å². The van der Waals surface area contributed by atoms with Gasteiger partial charge in [0.05, 0.1) is 0 Å². The summed E-state index contributed by atoms with van der Waals surface area (Å²) in [5.41, 5.74) is -0.740. The van der Waals surface area contributed by atoms with E-state index in [1.807, 2.05) is 20.9 Å². The summed E-state index contributed by atoms with van der Waals surface area (Å²) in [6.45, 7) is 3.63. The molecule has 98 valence electrons. The van der Waals surface area contributed by atoms with Crippen molar-refractivity contribution in [1.29, 1.82) is 0 Å². The van der Waals surface area contributed by atoms with Gasteiger partial charge in [0.15, 0.2) is 0 Å². The number of carboxylic acids is 1. The van der Waals surface area contributed by atoms with Gasteiger partial charge in [-0.2, -0.15) is 0 Å². The maximum absolute atomic E-state index is 11.3. The van der Waals surface area contributed by atoms with E-state index in [1.54, 1.807) is 0 Å². The Kier molecular flexibility index (Phi) is 3.48. The third kappa shape index (κ3) is 2.65. The molecule has 0 heterocycles. The first-order valence-corrected chi connectivity index (χ1v) is 6.89. The first kappa shape index (κ1) is 12.9. The minimum atomic E-state index is -0.740. The summed E-state index contributed by atoms with van der Waals surface area (Å²) in [4.78, 5) is 13.4. The van der Waals surface area contributed by atoms with Crippen LogP contribution < -0.4 is 0 Å². The van der Waals surface area contributed by atoms with Gasteiger partial charge in [-0.25, -0.2) is 0 Å². The van der Waals surface area contributed by atoms with E-state index in [1.165, 1.54) is 32.1 Å². The van der Waals surface area contributed by atoms with Crippen molar-refractivity contribution < 1.29 is 9.90 Å². The summed E-state index contributed by atoms with van der Waals surface area (Å²) in [5, 5.41) is 9.29. The molecular formula is C14H25NO2. The molecule has 0 spiro atoms. The fourth-order valence-corrected chi connectivity index (χ4v) is 3.16. The molecule has 3 heteroatoms. The molecule has 0 aromatic rings. The van der Waals surface area contributed by atoms with Gasteiger partial charge in [0, 0.05) is 6.04 Å². The third-order valence-corrected chi connectivity index (χ3v) is 4.93. The number of aliphatic carboxylic acids is 1. The van der Waals surface area contributed by atoms with E-state index in [4.69, 9.17) is 0 Å². The highest BCUT2D eigenvalue weighted by molar-refractivity contribution is 5.77. The van der Waals surface area contributed by atoms with E-state index in [0.29, 0.717) is 6.04 Å². The van der Waals surface area contributed by atoms with Crippen molar-refractivity contribution in [3.8, 4) is 0 Å². The van der Waals surface area contributed by atoms with Crippen LogP contribution in [0.5, 0.6) is 0 Å². The monoisotopic (exact) mass is 239 g/mol. The molecule has 0 amide bonds. The lowest BCUT2D eigenvalue weighted by molar-refractivity contribution is -0.150. The van der Waals surface area contributed by atoms with Crippen molar-refractivity contribution in [2.45, 2.75) is 64.0 Å². The number of hydrogen-bond acceptors (Lipinski definition) is 2. The predicted octanol–water partition coefficient (Wildman–Crippen LogP) is 2.75. The summed E-state index contributed by atoms with van der Waals surface area (Å²) >= 11 is 0. The Morgan fingerprint density at radius 3 is 2.35 bits per heavy atom. The van der Waals surface area contributed by atoms with Crippen LogP contribution in [0.15, 0.2) is 0 Å². The zero-order chi connectivity index (χ0) is 12.6. The zero-order valence-corrected chi connectivity index (χ0v) is 11.3. The van der Waals surface area contributed by atoms with Gasteiger partial charge in [-0.1, -0.05) is 12.8 Å². The van der Waals surface area contributed by atoms with Gasteiger partial charge in [-0.15, -0.1) is 0 Å². The second-order valence-corrected chi connectivity index (χ2v) is 6.39. The average molecular weight is 239 g/mol. The fraction of sp³-hybridized carbons (Fsp3) is 0.929. The molecule has 0 aromatic heterocycles. The molecule has 17 heavy (non-hydrogen) atoms. The molecule has 0 bridgehead atoms. The Labute approximate surface area is 104 Å². The van der Waals surface area contributed by atoms with Gasteiger partial charge in [0.1, 0.15) is 5.54 Å². The van der Waals surface area contributed by atoms with Gasteiger partial charge in [-0.3, -0.25) is 9.69 Å². The standard InChI is InChI=1S/C14H25NO2/c1-14(2,13(16)17)15(3)12-6-4-5-11(9-12)10-7-8-10/h10-12H,4-9H2,1-3H3,(H,16,17). The highest BCUT2D eigenvalue weighted by Crippen LogP contribution is 2.45. The number of rotatable bonds is 4. The minimum Gasteiger partial charge on any atom is -0.480 e. The Morgan fingerprint density at radius 1 is 1.18 bits per heavy atom. The van der Waals surface area contributed by atoms with Crippen LogP contribution in [0.3, 0.4) is 0 Å². The van der Waals surface area contributed by atoms with Crippen LogP contribution in [0.4, 0.5) is 0 Å². The average Bonchev–Trinajstić information content (AvgIpc) is 3.11. The molecule has 2 atom stereocenters. The van der Waals surface area contributed by atoms with Gasteiger partial charge < -0.3 is 5.11 Å². The maximum atomic E-state index is 11.3. The molecule has 2 aliphatic carbocycles. The number of hydrogen-bond donors (Lipinski definition) is 1. The maximum Gasteiger partial charge on any atom is 0.323 e. The highest BCUT2D eigenvalue weighted by Gasteiger charge is 2.41. The smallest absolute Gasteiger partial charge is 0.323 e. The Morgan fingerprint density at radius 2 is 1.82 bits per heavy atom. The summed E-state index contributed by atoms with van der Waals surface area (Å²) in [7, 11) is 1.98. The first-order chi connectivity index (χ1) is 7.93. The molecule has 2 aliphatic rings. The van der Waals surface area contributed by atoms with Crippen LogP contribution in [-0.4, -0.2) is 34.6 Å². The van der Waals surface area contributed by atoms with Gasteiger partial charge >= 0.3 is 5.97 Å². The van der Waals surface area contributed by atoms with E-state index < -0.39 is 11.5 Å². The Bertz CT molecular complexity index is 297. The molecule has 2 fully saturated rings. The van der Waals surface area contributed by atoms with E-state index in [0.717, 1.165) is 18.3 Å². The van der Waals surface area contributed by atoms with Crippen molar-refractivity contribution in [3.63, 3.8) is 0 Å². The van der Waals surface area contributed by atoms with Crippen LogP contribution >= 0.6 is 0 Å². The van der Waals surface area contributed by atoms with Crippen LogP contribution in [0.2, 0.25) is 0 Å². The van der Waals surface area contributed by atoms with Gasteiger partial charge in [-0.05, 0) is 58.4 Å². The van der Waals surface area contributed by atoms with Gasteiger partial charge in [0.25, 0.3) is 0 Å². The van der Waals surface area contributed by atoms with E-state index >= 15 is 0 Å². The summed E-state index contributed by atoms with van der Waals surface area (Å²) in [5.74, 6) is 1.11. The molecule has 0 aromatic carbocycles. The second-order valence-electron chi connectivity index (χ2n) is 6.39. The van der Waals surface area contributed by atoms with Crippen molar-refractivity contribution in [2.75, 3.05) is 7.05 Å². The normalized spacial score (nSPS) is 30.6. The predicted molar refractivity (Wildman–Crippen MR) is 67.9 cm³/mol. The number of nitrogens with zero attached hydrogens (tertiary/aromatic N) is 1. The molecule has 1 N–H and O–H groups in total. The molecule has 2 rings (SSSR count). The molecule has 2 saturated carbocycles.